The van der Waals surface area contributed by atoms with Gasteiger partial charge < -0.3 is 5.32 Å². The topological polar surface area (TPSA) is 55.6 Å². The van der Waals surface area contributed by atoms with E-state index in [1.54, 1.807) is 0 Å². The summed E-state index contributed by atoms with van der Waals surface area (Å²) in [5.74, 6) is 1.28. The minimum atomic E-state index is 0.391. The van der Waals surface area contributed by atoms with Crippen LogP contribution in [0.1, 0.15) is 38.1 Å². The van der Waals surface area contributed by atoms with Crippen molar-refractivity contribution in [2.75, 3.05) is 0 Å². The van der Waals surface area contributed by atoms with E-state index < -0.39 is 0 Å². The molecule has 0 fully saturated rings. The Morgan fingerprint density at radius 3 is 2.58 bits per heavy atom. The van der Waals surface area contributed by atoms with Crippen molar-refractivity contribution in [3.05, 3.63) is 41.7 Å². The van der Waals surface area contributed by atoms with Crippen LogP contribution in [0, 0.1) is 0 Å². The SMILES string of the molecule is CC(C)NCc1nnnn1CC(C)c1ccccc1. The molecule has 2 rings (SSSR count). The Labute approximate surface area is 114 Å². The minimum absolute atomic E-state index is 0.391. The number of tetrazole rings is 1. The summed E-state index contributed by atoms with van der Waals surface area (Å²) in [6.07, 6.45) is 0. The molecular formula is C14H21N5. The van der Waals surface area contributed by atoms with Gasteiger partial charge in [0.15, 0.2) is 5.82 Å². The van der Waals surface area contributed by atoms with Crippen molar-refractivity contribution in [2.45, 2.75) is 45.8 Å². The third kappa shape index (κ3) is 3.86. The van der Waals surface area contributed by atoms with E-state index in [1.165, 1.54) is 5.56 Å². The zero-order valence-electron chi connectivity index (χ0n) is 11.7. The molecule has 0 saturated heterocycles. The van der Waals surface area contributed by atoms with E-state index in [4.69, 9.17) is 0 Å². The van der Waals surface area contributed by atoms with Crippen molar-refractivity contribution < 1.29 is 0 Å². The monoisotopic (exact) mass is 259 g/mol. The Bertz CT molecular complexity index is 492. The van der Waals surface area contributed by atoms with Gasteiger partial charge in [-0.1, -0.05) is 51.1 Å². The number of aromatic nitrogens is 4. The molecule has 0 bridgehead atoms. The quantitative estimate of drug-likeness (QED) is 0.861. The van der Waals surface area contributed by atoms with Gasteiger partial charge in [0, 0.05) is 12.0 Å². The van der Waals surface area contributed by atoms with Crippen LogP contribution in [0.25, 0.3) is 0 Å². The van der Waals surface area contributed by atoms with Crippen LogP contribution in [-0.2, 0) is 13.1 Å². The second-order valence-corrected chi connectivity index (χ2v) is 5.12. The maximum atomic E-state index is 4.08. The van der Waals surface area contributed by atoms with Gasteiger partial charge in [-0.2, -0.15) is 0 Å². The van der Waals surface area contributed by atoms with Gasteiger partial charge in [-0.05, 0) is 16.0 Å². The number of hydrogen-bond acceptors (Lipinski definition) is 4. The van der Waals surface area contributed by atoms with Crippen molar-refractivity contribution in [2.24, 2.45) is 0 Å². The van der Waals surface area contributed by atoms with E-state index in [9.17, 15) is 0 Å². The highest BCUT2D eigenvalue weighted by atomic mass is 15.5. The normalized spacial score (nSPS) is 12.8. The average molecular weight is 259 g/mol. The molecule has 5 heteroatoms. The van der Waals surface area contributed by atoms with Crippen LogP contribution in [0.3, 0.4) is 0 Å². The van der Waals surface area contributed by atoms with Crippen molar-refractivity contribution in [1.29, 1.82) is 0 Å². The highest BCUT2D eigenvalue weighted by Gasteiger charge is 2.11. The summed E-state index contributed by atoms with van der Waals surface area (Å²) >= 11 is 0. The third-order valence-electron chi connectivity index (χ3n) is 3.09. The first kappa shape index (κ1) is 13.7. The van der Waals surface area contributed by atoms with E-state index in [-0.39, 0.29) is 0 Å². The van der Waals surface area contributed by atoms with Crippen molar-refractivity contribution in [1.82, 2.24) is 25.5 Å². The fourth-order valence-electron chi connectivity index (χ4n) is 1.93. The summed E-state index contributed by atoms with van der Waals surface area (Å²) in [5.41, 5.74) is 1.31. The first-order valence-corrected chi connectivity index (χ1v) is 6.70. The van der Waals surface area contributed by atoms with E-state index >= 15 is 0 Å². The van der Waals surface area contributed by atoms with Gasteiger partial charge >= 0.3 is 0 Å². The Hall–Kier alpha value is -1.75. The zero-order chi connectivity index (χ0) is 13.7. The summed E-state index contributed by atoms with van der Waals surface area (Å²) in [5, 5.41) is 15.3. The first-order valence-electron chi connectivity index (χ1n) is 6.70. The smallest absolute Gasteiger partial charge is 0.165 e. The minimum Gasteiger partial charge on any atom is -0.308 e. The van der Waals surface area contributed by atoms with Gasteiger partial charge in [-0.15, -0.1) is 5.10 Å². The fraction of sp³-hybridized carbons (Fsp3) is 0.500. The molecule has 1 N–H and O–H groups in total. The van der Waals surface area contributed by atoms with Gasteiger partial charge in [0.05, 0.1) is 13.1 Å². The lowest BCUT2D eigenvalue weighted by Gasteiger charge is -2.13. The summed E-state index contributed by atoms with van der Waals surface area (Å²) in [4.78, 5) is 0. The van der Waals surface area contributed by atoms with Gasteiger partial charge in [0.1, 0.15) is 0 Å². The van der Waals surface area contributed by atoms with Crippen LogP contribution in [0.15, 0.2) is 30.3 Å². The molecule has 2 aromatic rings. The molecule has 1 aromatic heterocycles. The second-order valence-electron chi connectivity index (χ2n) is 5.12. The van der Waals surface area contributed by atoms with Gasteiger partial charge in [0.25, 0.3) is 0 Å². The maximum absolute atomic E-state index is 4.08. The van der Waals surface area contributed by atoms with Crippen molar-refractivity contribution in [3.8, 4) is 0 Å². The molecule has 0 aliphatic rings. The van der Waals surface area contributed by atoms with Crippen LogP contribution in [-0.4, -0.2) is 26.2 Å². The molecule has 1 unspecified atom stereocenters. The summed E-state index contributed by atoms with van der Waals surface area (Å²) in [7, 11) is 0. The average Bonchev–Trinajstić information content (AvgIpc) is 2.84. The predicted molar refractivity (Wildman–Crippen MR) is 74.6 cm³/mol. The predicted octanol–water partition coefficient (Wildman–Crippen LogP) is 1.97. The molecule has 1 atom stereocenters. The van der Waals surface area contributed by atoms with Crippen LogP contribution >= 0.6 is 0 Å². The molecule has 0 amide bonds. The lowest BCUT2D eigenvalue weighted by molar-refractivity contribution is 0.485. The van der Waals surface area contributed by atoms with Gasteiger partial charge in [-0.25, -0.2) is 4.68 Å². The first-order chi connectivity index (χ1) is 9.16. The lowest BCUT2D eigenvalue weighted by atomic mass is 10.0. The van der Waals surface area contributed by atoms with E-state index in [0.717, 1.165) is 12.4 Å². The Morgan fingerprint density at radius 1 is 1.16 bits per heavy atom. The molecular weight excluding hydrogens is 238 g/mol. The van der Waals surface area contributed by atoms with Gasteiger partial charge in [-0.3, -0.25) is 0 Å². The van der Waals surface area contributed by atoms with Crippen LogP contribution in [0.5, 0.6) is 0 Å². The number of benzene rings is 1. The van der Waals surface area contributed by atoms with Crippen LogP contribution in [0.4, 0.5) is 0 Å². The van der Waals surface area contributed by atoms with Crippen molar-refractivity contribution in [3.63, 3.8) is 0 Å². The number of nitrogens with one attached hydrogen (secondary N) is 1. The second kappa shape index (κ2) is 6.43. The highest BCUT2D eigenvalue weighted by Crippen LogP contribution is 2.16. The van der Waals surface area contributed by atoms with Gasteiger partial charge in [0.2, 0.25) is 0 Å². The lowest BCUT2D eigenvalue weighted by Crippen LogP contribution is -2.24. The highest BCUT2D eigenvalue weighted by molar-refractivity contribution is 5.18. The van der Waals surface area contributed by atoms with E-state index in [0.29, 0.717) is 18.5 Å². The molecule has 1 heterocycles. The molecule has 19 heavy (non-hydrogen) atoms. The molecule has 0 aliphatic carbocycles. The van der Waals surface area contributed by atoms with E-state index in [1.807, 2.05) is 10.7 Å². The molecule has 1 aromatic carbocycles. The molecule has 0 saturated carbocycles. The molecule has 0 aliphatic heterocycles. The van der Waals surface area contributed by atoms with Crippen LogP contribution < -0.4 is 5.32 Å². The van der Waals surface area contributed by atoms with Crippen LogP contribution in [0.2, 0.25) is 0 Å². The Morgan fingerprint density at radius 2 is 1.89 bits per heavy atom. The largest absolute Gasteiger partial charge is 0.308 e. The summed E-state index contributed by atoms with van der Waals surface area (Å²) in [6.45, 7) is 7.91. The molecule has 0 radical (unpaired) electrons. The number of hydrogen-bond donors (Lipinski definition) is 1. The number of nitrogens with zero attached hydrogens (tertiary/aromatic N) is 4. The molecule has 0 spiro atoms. The Kier molecular flexibility index (Phi) is 4.63. The summed E-state index contributed by atoms with van der Waals surface area (Å²) in [6, 6.07) is 10.9. The standard InChI is InChI=1S/C14H21N5/c1-11(2)15-9-14-16-17-18-19(14)10-12(3)13-7-5-4-6-8-13/h4-8,11-12,15H,9-10H2,1-3H3. The maximum Gasteiger partial charge on any atom is 0.165 e. The molecule has 5 nitrogen and oxygen atoms in total. The fourth-order valence-corrected chi connectivity index (χ4v) is 1.93. The third-order valence-corrected chi connectivity index (χ3v) is 3.09. The van der Waals surface area contributed by atoms with E-state index in [2.05, 4.69) is 65.9 Å². The zero-order valence-corrected chi connectivity index (χ0v) is 11.7. The van der Waals surface area contributed by atoms with Crippen molar-refractivity contribution >= 4 is 0 Å². The Balaban J connectivity index is 2.01. The molecule has 102 valence electrons. The summed E-state index contributed by atoms with van der Waals surface area (Å²) < 4.78 is 1.88. The number of rotatable bonds is 6.